The Balaban J connectivity index is 1.54. The molecule has 8 nitrogen and oxygen atoms in total. The lowest BCUT2D eigenvalue weighted by molar-refractivity contribution is -0.120. The van der Waals surface area contributed by atoms with Gasteiger partial charge >= 0.3 is 5.97 Å². The molecule has 0 radical (unpaired) electrons. The summed E-state index contributed by atoms with van der Waals surface area (Å²) >= 11 is 12.3. The Morgan fingerprint density at radius 3 is 2.41 bits per heavy atom. The molecular weight excluding hydrogens is 517 g/mol. The Morgan fingerprint density at radius 1 is 0.919 bits per heavy atom. The minimum absolute atomic E-state index is 0.156. The zero-order chi connectivity index (χ0) is 26.7. The van der Waals surface area contributed by atoms with E-state index in [-0.39, 0.29) is 34.5 Å². The van der Waals surface area contributed by atoms with E-state index >= 15 is 0 Å². The zero-order valence-electron chi connectivity index (χ0n) is 19.8. The standard InChI is InChI=1S/C27H21Cl2N3O5/c1-3-37-27(36)17-7-5-9-20(13-17)32-25(34)22(29)23(26(32)35)30-19-8-4-6-16(12-19)24(33)31-21-14-18(28)11-10-15(21)2/h4-14,30H,3H2,1-2H3,(H,31,33). The van der Waals surface area contributed by atoms with Crippen molar-refractivity contribution in [1.82, 2.24) is 0 Å². The zero-order valence-corrected chi connectivity index (χ0v) is 21.3. The number of halogens is 2. The first-order valence-electron chi connectivity index (χ1n) is 11.2. The minimum Gasteiger partial charge on any atom is -0.462 e. The lowest BCUT2D eigenvalue weighted by atomic mass is 10.1. The van der Waals surface area contributed by atoms with Crippen molar-refractivity contribution in [2.45, 2.75) is 13.8 Å². The van der Waals surface area contributed by atoms with Gasteiger partial charge in [-0.15, -0.1) is 0 Å². The van der Waals surface area contributed by atoms with Gasteiger partial charge in [0.2, 0.25) is 0 Å². The molecule has 0 spiro atoms. The summed E-state index contributed by atoms with van der Waals surface area (Å²) in [4.78, 5) is 51.8. The van der Waals surface area contributed by atoms with E-state index in [4.69, 9.17) is 27.9 Å². The monoisotopic (exact) mass is 537 g/mol. The third-order valence-corrected chi connectivity index (χ3v) is 6.07. The van der Waals surface area contributed by atoms with Crippen LogP contribution in [0, 0.1) is 6.92 Å². The highest BCUT2D eigenvalue weighted by Crippen LogP contribution is 2.31. The molecule has 0 aromatic heterocycles. The Hall–Kier alpha value is -4.14. The van der Waals surface area contributed by atoms with Crippen molar-refractivity contribution in [2.24, 2.45) is 0 Å². The Labute approximate surface area is 222 Å². The van der Waals surface area contributed by atoms with Crippen LogP contribution in [0.4, 0.5) is 17.1 Å². The molecular formula is C27H21Cl2N3O5. The number of carbonyl (C=O) groups excluding carboxylic acids is 4. The lowest BCUT2D eigenvalue weighted by Gasteiger charge is -2.16. The molecule has 2 N–H and O–H groups in total. The maximum absolute atomic E-state index is 13.2. The fourth-order valence-corrected chi connectivity index (χ4v) is 4.02. The number of amides is 3. The Kier molecular flexibility index (Phi) is 7.61. The molecule has 3 aromatic rings. The molecule has 0 saturated heterocycles. The number of carbonyl (C=O) groups is 4. The lowest BCUT2D eigenvalue weighted by Crippen LogP contribution is -2.32. The summed E-state index contributed by atoms with van der Waals surface area (Å²) in [6.07, 6.45) is 0. The maximum atomic E-state index is 13.2. The number of nitrogens with one attached hydrogen (secondary N) is 2. The van der Waals surface area contributed by atoms with Crippen LogP contribution in [0.3, 0.4) is 0 Å². The summed E-state index contributed by atoms with van der Waals surface area (Å²) in [6, 6.07) is 17.5. The Morgan fingerprint density at radius 2 is 1.65 bits per heavy atom. The molecule has 3 amide bonds. The summed E-state index contributed by atoms with van der Waals surface area (Å²) in [5, 5.41) is 5.82. The van der Waals surface area contributed by atoms with Gasteiger partial charge in [0.1, 0.15) is 10.7 Å². The molecule has 0 atom stereocenters. The van der Waals surface area contributed by atoms with E-state index in [0.29, 0.717) is 22.0 Å². The first-order valence-corrected chi connectivity index (χ1v) is 12.0. The van der Waals surface area contributed by atoms with Crippen LogP contribution in [0.2, 0.25) is 5.02 Å². The minimum atomic E-state index is -0.750. The topological polar surface area (TPSA) is 105 Å². The summed E-state index contributed by atoms with van der Waals surface area (Å²) in [7, 11) is 0. The normalized spacial score (nSPS) is 13.1. The summed E-state index contributed by atoms with van der Waals surface area (Å²) < 4.78 is 4.99. The van der Waals surface area contributed by atoms with Crippen LogP contribution < -0.4 is 15.5 Å². The second-order valence-electron chi connectivity index (χ2n) is 8.02. The van der Waals surface area contributed by atoms with Crippen LogP contribution in [0.1, 0.15) is 33.2 Å². The number of aryl methyl sites for hydroxylation is 1. The second kappa shape index (κ2) is 10.9. The first-order chi connectivity index (χ1) is 17.7. The van der Waals surface area contributed by atoms with Gasteiger partial charge in [-0.1, -0.05) is 41.4 Å². The number of nitrogens with zero attached hydrogens (tertiary/aromatic N) is 1. The van der Waals surface area contributed by atoms with Crippen molar-refractivity contribution in [1.29, 1.82) is 0 Å². The fraction of sp³-hybridized carbons (Fsp3) is 0.111. The summed E-state index contributed by atoms with van der Waals surface area (Å²) in [5.74, 6) is -2.43. The van der Waals surface area contributed by atoms with E-state index < -0.39 is 17.8 Å². The highest BCUT2D eigenvalue weighted by molar-refractivity contribution is 6.53. The quantitative estimate of drug-likeness (QED) is 0.304. The number of anilines is 3. The molecule has 188 valence electrons. The highest BCUT2D eigenvalue weighted by Gasteiger charge is 2.39. The second-order valence-corrected chi connectivity index (χ2v) is 8.84. The molecule has 0 unspecified atom stereocenters. The van der Waals surface area contributed by atoms with Crippen molar-refractivity contribution in [3.05, 3.63) is 99.2 Å². The van der Waals surface area contributed by atoms with Gasteiger partial charge in [0.25, 0.3) is 17.7 Å². The van der Waals surface area contributed by atoms with Gasteiger partial charge in [0.05, 0.1) is 17.9 Å². The number of hydrogen-bond donors (Lipinski definition) is 2. The van der Waals surface area contributed by atoms with Gasteiger partial charge in [-0.25, -0.2) is 9.69 Å². The van der Waals surface area contributed by atoms with E-state index in [9.17, 15) is 19.2 Å². The molecule has 1 heterocycles. The van der Waals surface area contributed by atoms with E-state index in [1.807, 2.05) is 6.92 Å². The number of hydrogen-bond acceptors (Lipinski definition) is 6. The van der Waals surface area contributed by atoms with E-state index in [0.717, 1.165) is 10.5 Å². The predicted molar refractivity (Wildman–Crippen MR) is 142 cm³/mol. The van der Waals surface area contributed by atoms with Crippen LogP contribution in [0.5, 0.6) is 0 Å². The van der Waals surface area contributed by atoms with Crippen molar-refractivity contribution in [3.63, 3.8) is 0 Å². The third-order valence-electron chi connectivity index (χ3n) is 5.48. The van der Waals surface area contributed by atoms with Gasteiger partial charge in [-0.05, 0) is 67.9 Å². The van der Waals surface area contributed by atoms with Gasteiger partial charge in [0, 0.05) is 22.0 Å². The predicted octanol–water partition coefficient (Wildman–Crippen LogP) is 5.51. The van der Waals surface area contributed by atoms with Gasteiger partial charge in [0.15, 0.2) is 0 Å². The molecule has 0 bridgehead atoms. The Bertz CT molecular complexity index is 1470. The van der Waals surface area contributed by atoms with Crippen LogP contribution in [0.25, 0.3) is 0 Å². The molecule has 1 aliphatic rings. The average molecular weight is 538 g/mol. The van der Waals surface area contributed by atoms with Crippen molar-refractivity contribution in [3.8, 4) is 0 Å². The van der Waals surface area contributed by atoms with Crippen LogP contribution in [-0.2, 0) is 14.3 Å². The highest BCUT2D eigenvalue weighted by atomic mass is 35.5. The number of rotatable bonds is 7. The summed E-state index contributed by atoms with van der Waals surface area (Å²) in [5.41, 5.74) is 2.27. The molecule has 0 fully saturated rings. The van der Waals surface area contributed by atoms with E-state index in [2.05, 4.69) is 10.6 Å². The van der Waals surface area contributed by atoms with Gasteiger partial charge in [-0.2, -0.15) is 0 Å². The SMILES string of the molecule is CCOC(=O)c1cccc(N2C(=O)C(Cl)=C(Nc3cccc(C(=O)Nc4cc(Cl)ccc4C)c3)C2=O)c1. The fourth-order valence-electron chi connectivity index (χ4n) is 3.64. The van der Waals surface area contributed by atoms with E-state index in [1.54, 1.807) is 43.3 Å². The molecule has 3 aromatic carbocycles. The molecule has 0 aliphatic carbocycles. The smallest absolute Gasteiger partial charge is 0.338 e. The largest absolute Gasteiger partial charge is 0.462 e. The number of ether oxygens (including phenoxy) is 1. The van der Waals surface area contributed by atoms with Crippen LogP contribution in [-0.4, -0.2) is 30.3 Å². The van der Waals surface area contributed by atoms with E-state index in [1.165, 1.54) is 30.3 Å². The van der Waals surface area contributed by atoms with Gasteiger partial charge in [-0.3, -0.25) is 14.4 Å². The maximum Gasteiger partial charge on any atom is 0.338 e. The number of esters is 1. The van der Waals surface area contributed by atoms with Crippen LogP contribution in [0.15, 0.2) is 77.5 Å². The van der Waals surface area contributed by atoms with Crippen molar-refractivity contribution >= 4 is 64.0 Å². The molecule has 1 aliphatic heterocycles. The summed E-state index contributed by atoms with van der Waals surface area (Å²) in [6.45, 7) is 3.70. The molecule has 0 saturated carbocycles. The number of imide groups is 1. The first kappa shape index (κ1) is 25.9. The molecule has 4 rings (SSSR count). The van der Waals surface area contributed by atoms with Crippen molar-refractivity contribution in [2.75, 3.05) is 22.1 Å². The third kappa shape index (κ3) is 5.50. The number of benzene rings is 3. The average Bonchev–Trinajstić information content (AvgIpc) is 3.09. The van der Waals surface area contributed by atoms with Crippen LogP contribution >= 0.6 is 23.2 Å². The van der Waals surface area contributed by atoms with Crippen molar-refractivity contribution < 1.29 is 23.9 Å². The molecule has 10 heteroatoms. The molecule has 37 heavy (non-hydrogen) atoms. The van der Waals surface area contributed by atoms with Gasteiger partial charge < -0.3 is 15.4 Å².